The smallest absolute Gasteiger partial charge is 0.295 e. The summed E-state index contributed by atoms with van der Waals surface area (Å²) in [5, 5.41) is 4.21. The molecule has 2 unspecified atom stereocenters. The van der Waals surface area contributed by atoms with E-state index < -0.39 is 5.78 Å². The molecular weight excluding hydrogens is 254 g/mol. The second-order valence-corrected chi connectivity index (χ2v) is 6.15. The second kappa shape index (κ2) is 5.38. The second-order valence-electron chi connectivity index (χ2n) is 6.15. The van der Waals surface area contributed by atoms with E-state index in [1.54, 1.807) is 23.6 Å². The van der Waals surface area contributed by atoms with Gasteiger partial charge < -0.3 is 4.90 Å². The van der Waals surface area contributed by atoms with Crippen molar-refractivity contribution in [1.29, 1.82) is 0 Å². The van der Waals surface area contributed by atoms with E-state index in [0.29, 0.717) is 36.2 Å². The Morgan fingerprint density at radius 3 is 2.15 bits per heavy atom. The highest BCUT2D eigenvalue weighted by Crippen LogP contribution is 2.22. The molecule has 1 aliphatic heterocycles. The summed E-state index contributed by atoms with van der Waals surface area (Å²) in [5.41, 5.74) is 1.84. The summed E-state index contributed by atoms with van der Waals surface area (Å²) >= 11 is 0. The number of rotatable bonds is 2. The predicted molar refractivity (Wildman–Crippen MR) is 76.5 cm³/mol. The zero-order chi connectivity index (χ0) is 15.0. The molecule has 5 nitrogen and oxygen atoms in total. The van der Waals surface area contributed by atoms with Crippen molar-refractivity contribution in [2.24, 2.45) is 18.9 Å². The highest BCUT2D eigenvalue weighted by atomic mass is 16.2. The van der Waals surface area contributed by atoms with Gasteiger partial charge in [0.25, 0.3) is 11.7 Å². The van der Waals surface area contributed by atoms with Crippen molar-refractivity contribution >= 4 is 11.7 Å². The quantitative estimate of drug-likeness (QED) is 0.611. The number of aryl methyl sites for hydroxylation is 2. The summed E-state index contributed by atoms with van der Waals surface area (Å²) in [5.74, 6) is 0.0928. The number of nitrogens with zero attached hydrogens (tertiary/aromatic N) is 3. The van der Waals surface area contributed by atoms with Crippen LogP contribution >= 0.6 is 0 Å². The molecule has 0 radical (unpaired) electrons. The molecule has 1 aromatic rings. The maximum absolute atomic E-state index is 12.5. The lowest BCUT2D eigenvalue weighted by Crippen LogP contribution is -2.45. The SMILES string of the molecule is Cc1nn(C)c(C)c1C(=O)C(=O)N1CC(C)CC(C)C1. The number of Topliss-reactive ketones (excluding diaryl/α,β-unsaturated/α-hetero) is 1. The van der Waals surface area contributed by atoms with Gasteiger partial charge in [-0.1, -0.05) is 13.8 Å². The normalized spacial score (nSPS) is 22.9. The van der Waals surface area contributed by atoms with Crippen molar-refractivity contribution in [1.82, 2.24) is 14.7 Å². The zero-order valence-corrected chi connectivity index (χ0v) is 12.9. The highest BCUT2D eigenvalue weighted by Gasteiger charge is 2.32. The van der Waals surface area contributed by atoms with Crippen LogP contribution in [-0.4, -0.2) is 39.5 Å². The van der Waals surface area contributed by atoms with E-state index in [2.05, 4.69) is 18.9 Å². The van der Waals surface area contributed by atoms with Crippen molar-refractivity contribution in [3.05, 3.63) is 17.0 Å². The van der Waals surface area contributed by atoms with E-state index in [0.717, 1.165) is 12.1 Å². The Balaban J connectivity index is 2.22. The van der Waals surface area contributed by atoms with E-state index in [-0.39, 0.29) is 5.91 Å². The minimum Gasteiger partial charge on any atom is -0.335 e. The molecule has 2 atom stereocenters. The van der Waals surface area contributed by atoms with Crippen LogP contribution < -0.4 is 0 Å². The van der Waals surface area contributed by atoms with E-state index in [1.165, 1.54) is 0 Å². The maximum Gasteiger partial charge on any atom is 0.295 e. The largest absolute Gasteiger partial charge is 0.335 e. The van der Waals surface area contributed by atoms with Gasteiger partial charge in [0.05, 0.1) is 11.3 Å². The number of hydrogen-bond donors (Lipinski definition) is 0. The number of ketones is 1. The van der Waals surface area contributed by atoms with E-state index >= 15 is 0 Å². The van der Waals surface area contributed by atoms with Gasteiger partial charge in [-0.15, -0.1) is 0 Å². The lowest BCUT2D eigenvalue weighted by atomic mass is 9.91. The van der Waals surface area contributed by atoms with Crippen LogP contribution in [0.1, 0.15) is 42.0 Å². The molecule has 1 aromatic heterocycles. The van der Waals surface area contributed by atoms with Crippen LogP contribution in [0.4, 0.5) is 0 Å². The molecule has 110 valence electrons. The average Bonchev–Trinajstić information content (AvgIpc) is 2.60. The van der Waals surface area contributed by atoms with Crippen LogP contribution in [0.2, 0.25) is 0 Å². The summed E-state index contributed by atoms with van der Waals surface area (Å²) in [6.45, 7) is 9.19. The average molecular weight is 277 g/mol. The van der Waals surface area contributed by atoms with Crippen LogP contribution in [0.5, 0.6) is 0 Å². The van der Waals surface area contributed by atoms with Gasteiger partial charge in [-0.25, -0.2) is 0 Å². The van der Waals surface area contributed by atoms with Crippen LogP contribution in [0, 0.1) is 25.7 Å². The third-order valence-electron chi connectivity index (χ3n) is 4.09. The molecule has 1 aliphatic rings. The topological polar surface area (TPSA) is 55.2 Å². The number of amides is 1. The molecule has 0 bridgehead atoms. The van der Waals surface area contributed by atoms with Crippen LogP contribution in [-0.2, 0) is 11.8 Å². The fourth-order valence-electron chi connectivity index (χ4n) is 3.18. The van der Waals surface area contributed by atoms with Crippen molar-refractivity contribution < 1.29 is 9.59 Å². The molecule has 5 heteroatoms. The molecular formula is C15H23N3O2. The Kier molecular flexibility index (Phi) is 3.97. The van der Waals surface area contributed by atoms with Gasteiger partial charge in [0.2, 0.25) is 0 Å². The number of carbonyl (C=O) groups excluding carboxylic acids is 2. The monoisotopic (exact) mass is 277 g/mol. The third kappa shape index (κ3) is 2.62. The van der Waals surface area contributed by atoms with Gasteiger partial charge in [-0.2, -0.15) is 5.10 Å². The summed E-state index contributed by atoms with van der Waals surface area (Å²) in [7, 11) is 1.79. The minimum atomic E-state index is -0.422. The van der Waals surface area contributed by atoms with Crippen LogP contribution in [0.25, 0.3) is 0 Å². The van der Waals surface area contributed by atoms with Crippen LogP contribution in [0.15, 0.2) is 0 Å². The Morgan fingerprint density at radius 1 is 1.15 bits per heavy atom. The standard InChI is InChI=1S/C15H23N3O2/c1-9-6-10(2)8-18(7-9)15(20)14(19)13-11(3)16-17(5)12(13)4/h9-10H,6-8H2,1-5H3. The maximum atomic E-state index is 12.5. The molecule has 1 saturated heterocycles. The van der Waals surface area contributed by atoms with Gasteiger partial charge in [0.15, 0.2) is 0 Å². The number of piperidine rings is 1. The van der Waals surface area contributed by atoms with E-state index in [9.17, 15) is 9.59 Å². The number of aromatic nitrogens is 2. The van der Waals surface area contributed by atoms with Gasteiger partial charge in [0.1, 0.15) is 0 Å². The Hall–Kier alpha value is -1.65. The molecule has 2 rings (SSSR count). The number of carbonyl (C=O) groups is 2. The van der Waals surface area contributed by atoms with Crippen molar-refractivity contribution in [3.63, 3.8) is 0 Å². The fourth-order valence-corrected chi connectivity index (χ4v) is 3.18. The van der Waals surface area contributed by atoms with Gasteiger partial charge in [-0.3, -0.25) is 14.3 Å². The molecule has 20 heavy (non-hydrogen) atoms. The summed E-state index contributed by atoms with van der Waals surface area (Å²) in [6.07, 6.45) is 1.11. The van der Waals surface area contributed by atoms with Crippen molar-refractivity contribution in [2.45, 2.75) is 34.1 Å². The van der Waals surface area contributed by atoms with Crippen molar-refractivity contribution in [2.75, 3.05) is 13.1 Å². The van der Waals surface area contributed by atoms with Crippen molar-refractivity contribution in [3.8, 4) is 0 Å². The summed E-state index contributed by atoms with van der Waals surface area (Å²) < 4.78 is 1.65. The zero-order valence-electron chi connectivity index (χ0n) is 12.9. The van der Waals surface area contributed by atoms with Gasteiger partial charge >= 0.3 is 0 Å². The van der Waals surface area contributed by atoms with Gasteiger partial charge in [-0.05, 0) is 32.1 Å². The molecule has 1 fully saturated rings. The first-order valence-electron chi connectivity index (χ1n) is 7.15. The molecule has 0 spiro atoms. The molecule has 2 heterocycles. The molecule has 0 aromatic carbocycles. The summed E-state index contributed by atoms with van der Waals surface area (Å²) in [4.78, 5) is 26.6. The summed E-state index contributed by atoms with van der Waals surface area (Å²) in [6, 6.07) is 0. The first-order chi connectivity index (χ1) is 9.31. The molecule has 0 aliphatic carbocycles. The Labute approximate surface area is 119 Å². The lowest BCUT2D eigenvalue weighted by Gasteiger charge is -2.34. The Morgan fingerprint density at radius 2 is 1.70 bits per heavy atom. The number of hydrogen-bond acceptors (Lipinski definition) is 3. The fraction of sp³-hybridized carbons (Fsp3) is 0.667. The van der Waals surface area contributed by atoms with E-state index in [1.807, 2.05) is 6.92 Å². The first-order valence-corrected chi connectivity index (χ1v) is 7.15. The molecule has 0 saturated carbocycles. The highest BCUT2D eigenvalue weighted by molar-refractivity contribution is 6.43. The van der Waals surface area contributed by atoms with Gasteiger partial charge in [0, 0.05) is 25.8 Å². The minimum absolute atomic E-state index is 0.386. The lowest BCUT2D eigenvalue weighted by molar-refractivity contribution is -0.129. The Bertz CT molecular complexity index is 538. The van der Waals surface area contributed by atoms with Crippen LogP contribution in [0.3, 0.4) is 0 Å². The predicted octanol–water partition coefficient (Wildman–Crippen LogP) is 1.72. The first kappa shape index (κ1) is 14.8. The molecule has 1 amide bonds. The number of likely N-dealkylation sites (tertiary alicyclic amines) is 1. The third-order valence-corrected chi connectivity index (χ3v) is 4.09. The van der Waals surface area contributed by atoms with E-state index in [4.69, 9.17) is 0 Å². The molecule has 0 N–H and O–H groups in total.